The van der Waals surface area contributed by atoms with Crippen LogP contribution in [0.3, 0.4) is 0 Å². The summed E-state index contributed by atoms with van der Waals surface area (Å²) in [6.07, 6.45) is 3.46. The normalized spacial score (nSPS) is 11.0. The minimum absolute atomic E-state index is 0.0424. The van der Waals surface area contributed by atoms with Crippen LogP contribution in [0.15, 0.2) is 47.2 Å². The van der Waals surface area contributed by atoms with E-state index in [1.165, 1.54) is 6.07 Å². The zero-order chi connectivity index (χ0) is 14.4. The highest BCUT2D eigenvalue weighted by atomic mass is 79.9. The van der Waals surface area contributed by atoms with Crippen LogP contribution in [0.1, 0.15) is 11.1 Å². The molecule has 1 aromatic carbocycles. The van der Waals surface area contributed by atoms with Crippen LogP contribution in [0.5, 0.6) is 0 Å². The second-order valence-electron chi connectivity index (χ2n) is 4.53. The Balaban J connectivity index is 2.11. The molecule has 5 heteroatoms. The number of aliphatic hydroxyl groups excluding tert-OH is 1. The number of halogens is 2. The van der Waals surface area contributed by atoms with E-state index >= 15 is 0 Å². The van der Waals surface area contributed by atoms with Crippen molar-refractivity contribution in [3.8, 4) is 0 Å². The molecule has 106 valence electrons. The highest BCUT2D eigenvalue weighted by molar-refractivity contribution is 9.10. The van der Waals surface area contributed by atoms with Crippen molar-refractivity contribution in [3.63, 3.8) is 0 Å². The van der Waals surface area contributed by atoms with Crippen LogP contribution >= 0.6 is 15.9 Å². The number of rotatable bonds is 6. The van der Waals surface area contributed by atoms with E-state index < -0.39 is 0 Å². The molecule has 0 bridgehead atoms. The number of hydrogen-bond acceptors (Lipinski definition) is 3. The van der Waals surface area contributed by atoms with E-state index in [0.29, 0.717) is 25.2 Å². The third kappa shape index (κ3) is 4.37. The fourth-order valence-electron chi connectivity index (χ4n) is 2.01. The molecule has 2 rings (SSSR count). The number of aromatic nitrogens is 1. The molecule has 0 saturated carbocycles. The van der Waals surface area contributed by atoms with Gasteiger partial charge in [-0.2, -0.15) is 0 Å². The van der Waals surface area contributed by atoms with Crippen LogP contribution < -0.4 is 0 Å². The monoisotopic (exact) mass is 338 g/mol. The van der Waals surface area contributed by atoms with Gasteiger partial charge in [0.25, 0.3) is 0 Å². The summed E-state index contributed by atoms with van der Waals surface area (Å²) in [6.45, 7) is 1.64. The third-order valence-electron chi connectivity index (χ3n) is 2.97. The molecule has 0 fully saturated rings. The van der Waals surface area contributed by atoms with E-state index in [1.54, 1.807) is 24.5 Å². The first kappa shape index (κ1) is 15.1. The summed E-state index contributed by atoms with van der Waals surface area (Å²) in [7, 11) is 0. The summed E-state index contributed by atoms with van der Waals surface area (Å²) in [5.41, 5.74) is 1.70. The van der Waals surface area contributed by atoms with Crippen molar-refractivity contribution in [2.45, 2.75) is 13.1 Å². The standard InChI is InChI=1S/C15H16BrFN2O/c16-14-1-2-15(17)13(9-14)11-19(7-8-20)10-12-3-5-18-6-4-12/h1-6,9,20H,7-8,10-11H2. The molecule has 0 saturated heterocycles. The molecule has 0 radical (unpaired) electrons. The van der Waals surface area contributed by atoms with Crippen molar-refractivity contribution in [3.05, 3.63) is 64.1 Å². The lowest BCUT2D eigenvalue weighted by Crippen LogP contribution is -2.26. The van der Waals surface area contributed by atoms with Gasteiger partial charge in [0.2, 0.25) is 0 Å². The maximum absolute atomic E-state index is 13.8. The van der Waals surface area contributed by atoms with E-state index in [9.17, 15) is 4.39 Å². The predicted molar refractivity (Wildman–Crippen MR) is 79.5 cm³/mol. The van der Waals surface area contributed by atoms with E-state index in [-0.39, 0.29) is 12.4 Å². The molecular formula is C15H16BrFN2O. The lowest BCUT2D eigenvalue weighted by molar-refractivity contribution is 0.182. The second-order valence-corrected chi connectivity index (χ2v) is 5.44. The van der Waals surface area contributed by atoms with Gasteiger partial charge in [-0.1, -0.05) is 15.9 Å². The summed E-state index contributed by atoms with van der Waals surface area (Å²) in [6, 6.07) is 8.73. The van der Waals surface area contributed by atoms with Gasteiger partial charge in [0.05, 0.1) is 6.61 Å². The van der Waals surface area contributed by atoms with Crippen molar-refractivity contribution in [2.75, 3.05) is 13.2 Å². The molecule has 1 N–H and O–H groups in total. The van der Waals surface area contributed by atoms with Gasteiger partial charge in [-0.25, -0.2) is 4.39 Å². The van der Waals surface area contributed by atoms with E-state index in [2.05, 4.69) is 20.9 Å². The van der Waals surface area contributed by atoms with E-state index in [4.69, 9.17) is 5.11 Å². The molecule has 0 atom stereocenters. The Hall–Kier alpha value is -1.30. The fraction of sp³-hybridized carbons (Fsp3) is 0.267. The molecule has 0 amide bonds. The number of benzene rings is 1. The Bertz CT molecular complexity index is 551. The first-order chi connectivity index (χ1) is 9.69. The van der Waals surface area contributed by atoms with Crippen LogP contribution in [0, 0.1) is 5.82 Å². The van der Waals surface area contributed by atoms with Crippen LogP contribution in [0.2, 0.25) is 0 Å². The first-order valence-electron chi connectivity index (χ1n) is 6.35. The Morgan fingerprint density at radius 2 is 1.90 bits per heavy atom. The van der Waals surface area contributed by atoms with Crippen molar-refractivity contribution >= 4 is 15.9 Å². The third-order valence-corrected chi connectivity index (χ3v) is 3.47. The SMILES string of the molecule is OCCN(Cc1ccncc1)Cc1cc(Br)ccc1F. The van der Waals surface area contributed by atoms with Gasteiger partial charge in [0.1, 0.15) is 5.82 Å². The lowest BCUT2D eigenvalue weighted by atomic mass is 10.2. The predicted octanol–water partition coefficient (Wildman–Crippen LogP) is 2.98. The van der Waals surface area contributed by atoms with Gasteiger partial charge in [-0.15, -0.1) is 0 Å². The molecule has 0 unspecified atom stereocenters. The topological polar surface area (TPSA) is 36.4 Å². The molecule has 1 heterocycles. The lowest BCUT2D eigenvalue weighted by Gasteiger charge is -2.21. The highest BCUT2D eigenvalue weighted by Crippen LogP contribution is 2.18. The van der Waals surface area contributed by atoms with E-state index in [1.807, 2.05) is 17.0 Å². The van der Waals surface area contributed by atoms with Gasteiger partial charge in [-0.05, 0) is 35.9 Å². The summed E-state index contributed by atoms with van der Waals surface area (Å²) in [5, 5.41) is 9.16. The highest BCUT2D eigenvalue weighted by Gasteiger charge is 2.10. The van der Waals surface area contributed by atoms with Crippen molar-refractivity contribution in [1.82, 2.24) is 9.88 Å². The Labute approximate surface area is 126 Å². The van der Waals surface area contributed by atoms with Crippen molar-refractivity contribution in [2.24, 2.45) is 0 Å². The van der Waals surface area contributed by atoms with E-state index in [0.717, 1.165) is 10.0 Å². The molecule has 0 aliphatic rings. The van der Waals surface area contributed by atoms with Gasteiger partial charge >= 0.3 is 0 Å². The van der Waals surface area contributed by atoms with Crippen LogP contribution in [-0.2, 0) is 13.1 Å². The molecule has 1 aromatic heterocycles. The quantitative estimate of drug-likeness (QED) is 0.879. The molecule has 3 nitrogen and oxygen atoms in total. The van der Waals surface area contributed by atoms with Gasteiger partial charge in [0.15, 0.2) is 0 Å². The van der Waals surface area contributed by atoms with Crippen LogP contribution in [0.4, 0.5) is 4.39 Å². The maximum Gasteiger partial charge on any atom is 0.127 e. The summed E-state index contributed by atoms with van der Waals surface area (Å²) < 4.78 is 14.6. The molecule has 0 spiro atoms. The van der Waals surface area contributed by atoms with Crippen LogP contribution in [0.25, 0.3) is 0 Å². The summed E-state index contributed by atoms with van der Waals surface area (Å²) in [5.74, 6) is -0.231. The van der Waals surface area contributed by atoms with Gasteiger partial charge < -0.3 is 5.11 Å². The zero-order valence-corrected chi connectivity index (χ0v) is 12.6. The Kier molecular flexibility index (Phi) is 5.64. The average molecular weight is 339 g/mol. The maximum atomic E-state index is 13.8. The van der Waals surface area contributed by atoms with Crippen molar-refractivity contribution < 1.29 is 9.50 Å². The molecule has 0 aliphatic carbocycles. The number of pyridine rings is 1. The minimum Gasteiger partial charge on any atom is -0.395 e. The molecule has 2 aromatic rings. The smallest absolute Gasteiger partial charge is 0.127 e. The first-order valence-corrected chi connectivity index (χ1v) is 7.14. The Morgan fingerprint density at radius 3 is 2.60 bits per heavy atom. The average Bonchev–Trinajstić information content (AvgIpc) is 2.44. The van der Waals surface area contributed by atoms with Gasteiger partial charge in [0, 0.05) is 42.1 Å². The van der Waals surface area contributed by atoms with Gasteiger partial charge in [-0.3, -0.25) is 9.88 Å². The molecule has 20 heavy (non-hydrogen) atoms. The molecular weight excluding hydrogens is 323 g/mol. The van der Waals surface area contributed by atoms with Crippen LogP contribution in [-0.4, -0.2) is 28.1 Å². The molecule has 0 aliphatic heterocycles. The number of aliphatic hydroxyl groups is 1. The number of nitrogens with zero attached hydrogens (tertiary/aromatic N) is 2. The zero-order valence-electron chi connectivity index (χ0n) is 11.0. The number of hydrogen-bond donors (Lipinski definition) is 1. The minimum atomic E-state index is -0.231. The summed E-state index contributed by atoms with van der Waals surface area (Å²) >= 11 is 3.35. The largest absolute Gasteiger partial charge is 0.395 e. The Morgan fingerprint density at radius 1 is 1.15 bits per heavy atom. The summed E-state index contributed by atoms with van der Waals surface area (Å²) in [4.78, 5) is 5.97. The van der Waals surface area contributed by atoms with Crippen molar-refractivity contribution in [1.29, 1.82) is 0 Å². The fourth-order valence-corrected chi connectivity index (χ4v) is 2.42. The second kappa shape index (κ2) is 7.47.